The number of nitrogens with one attached hydrogen (secondary N) is 2. The summed E-state index contributed by atoms with van der Waals surface area (Å²) in [7, 11) is 0. The quantitative estimate of drug-likeness (QED) is 0.474. The first kappa shape index (κ1) is 22.4. The second-order valence-electron chi connectivity index (χ2n) is 6.61. The number of halogens is 2. The number of aliphatic carboxylic acids is 1. The molecule has 3 aromatic rings. The standard InChI is InChI=1S/C22H18Cl2N2O5/c23-17-4-1-5-18(24)16(17)12-31-14-8-6-13(7-9-14)11-19(22(29)30)26-21(28)15-3-2-10-25-20(15)27/h1-10,19H,11-12H2,(H,25,27)(H,26,28)(H,29,30)/t19-/m0/s1. The lowest BCUT2D eigenvalue weighted by atomic mass is 10.1. The molecule has 3 N–H and O–H groups in total. The second kappa shape index (κ2) is 10.1. The van der Waals surface area contributed by atoms with Crippen molar-refractivity contribution in [1.82, 2.24) is 10.3 Å². The Bertz CT molecular complexity index is 1120. The maximum atomic E-state index is 12.3. The van der Waals surface area contributed by atoms with Crippen molar-refractivity contribution in [2.75, 3.05) is 0 Å². The average Bonchev–Trinajstić information content (AvgIpc) is 2.74. The van der Waals surface area contributed by atoms with Gasteiger partial charge in [-0.1, -0.05) is 41.4 Å². The summed E-state index contributed by atoms with van der Waals surface area (Å²) >= 11 is 12.3. The molecule has 1 atom stereocenters. The maximum Gasteiger partial charge on any atom is 0.326 e. The third-order valence-electron chi connectivity index (χ3n) is 4.47. The van der Waals surface area contributed by atoms with E-state index in [1.807, 2.05) is 0 Å². The Morgan fingerprint density at radius 3 is 2.32 bits per heavy atom. The molecule has 0 aliphatic carbocycles. The molecule has 1 amide bonds. The van der Waals surface area contributed by atoms with E-state index in [1.54, 1.807) is 42.5 Å². The molecule has 0 aliphatic rings. The molecule has 0 unspecified atom stereocenters. The summed E-state index contributed by atoms with van der Waals surface area (Å²) in [5.41, 5.74) is 0.581. The average molecular weight is 461 g/mol. The van der Waals surface area contributed by atoms with E-state index in [0.29, 0.717) is 26.9 Å². The van der Waals surface area contributed by atoms with Crippen LogP contribution in [0.2, 0.25) is 10.0 Å². The number of carboxylic acid groups (broad SMARTS) is 1. The van der Waals surface area contributed by atoms with Crippen LogP contribution in [-0.2, 0) is 17.8 Å². The Labute approximate surface area is 187 Å². The molecule has 31 heavy (non-hydrogen) atoms. The monoisotopic (exact) mass is 460 g/mol. The number of aromatic nitrogens is 1. The maximum absolute atomic E-state index is 12.3. The van der Waals surface area contributed by atoms with Crippen LogP contribution in [0.4, 0.5) is 0 Å². The van der Waals surface area contributed by atoms with E-state index in [9.17, 15) is 19.5 Å². The third-order valence-corrected chi connectivity index (χ3v) is 5.18. The van der Waals surface area contributed by atoms with Crippen molar-refractivity contribution in [2.24, 2.45) is 0 Å². The topological polar surface area (TPSA) is 108 Å². The fraction of sp³-hybridized carbons (Fsp3) is 0.136. The fourth-order valence-corrected chi connectivity index (χ4v) is 3.33. The molecule has 1 heterocycles. The summed E-state index contributed by atoms with van der Waals surface area (Å²) in [6, 6.07) is 13.5. The number of ether oxygens (including phenoxy) is 1. The highest BCUT2D eigenvalue weighted by molar-refractivity contribution is 6.35. The molecule has 0 bridgehead atoms. The minimum Gasteiger partial charge on any atom is -0.489 e. The number of aromatic amines is 1. The van der Waals surface area contributed by atoms with Crippen LogP contribution < -0.4 is 15.6 Å². The van der Waals surface area contributed by atoms with Gasteiger partial charge >= 0.3 is 5.97 Å². The summed E-state index contributed by atoms with van der Waals surface area (Å²) in [6.45, 7) is 0.178. The molecular formula is C22H18Cl2N2O5. The van der Waals surface area contributed by atoms with E-state index in [4.69, 9.17) is 27.9 Å². The molecule has 160 valence electrons. The van der Waals surface area contributed by atoms with E-state index in [2.05, 4.69) is 10.3 Å². The number of pyridine rings is 1. The van der Waals surface area contributed by atoms with Gasteiger partial charge in [-0.15, -0.1) is 0 Å². The van der Waals surface area contributed by atoms with Crippen molar-refractivity contribution < 1.29 is 19.4 Å². The highest BCUT2D eigenvalue weighted by atomic mass is 35.5. The first-order valence-electron chi connectivity index (χ1n) is 9.21. The third kappa shape index (κ3) is 5.87. The van der Waals surface area contributed by atoms with Crippen molar-refractivity contribution in [3.63, 3.8) is 0 Å². The zero-order valence-electron chi connectivity index (χ0n) is 16.1. The first-order valence-corrected chi connectivity index (χ1v) is 9.96. The summed E-state index contributed by atoms with van der Waals surface area (Å²) in [5, 5.41) is 12.8. The molecule has 9 heteroatoms. The Hall–Kier alpha value is -3.29. The number of carbonyl (C=O) groups excluding carboxylic acids is 1. The Balaban J connectivity index is 1.64. The van der Waals surface area contributed by atoms with Crippen molar-refractivity contribution in [1.29, 1.82) is 0 Å². The van der Waals surface area contributed by atoms with Crippen molar-refractivity contribution in [3.05, 3.63) is 97.9 Å². The van der Waals surface area contributed by atoms with Crippen LogP contribution in [0.3, 0.4) is 0 Å². The zero-order valence-corrected chi connectivity index (χ0v) is 17.6. The molecular weight excluding hydrogens is 443 g/mol. The van der Waals surface area contributed by atoms with E-state index in [0.717, 1.165) is 0 Å². The van der Waals surface area contributed by atoms with Gasteiger partial charge in [-0.25, -0.2) is 4.79 Å². The van der Waals surface area contributed by atoms with E-state index < -0.39 is 23.5 Å². The highest BCUT2D eigenvalue weighted by Crippen LogP contribution is 2.26. The van der Waals surface area contributed by atoms with Crippen LogP contribution in [-0.4, -0.2) is 28.0 Å². The number of amides is 1. The number of rotatable bonds is 8. The van der Waals surface area contributed by atoms with Gasteiger partial charge in [-0.2, -0.15) is 0 Å². The van der Waals surface area contributed by atoms with Crippen LogP contribution in [0.15, 0.2) is 65.6 Å². The fourth-order valence-electron chi connectivity index (χ4n) is 2.82. The van der Waals surface area contributed by atoms with Gasteiger partial charge in [-0.3, -0.25) is 9.59 Å². The molecule has 0 radical (unpaired) electrons. The lowest BCUT2D eigenvalue weighted by molar-refractivity contribution is -0.139. The van der Waals surface area contributed by atoms with Crippen molar-refractivity contribution in [2.45, 2.75) is 19.1 Å². The summed E-state index contributed by atoms with van der Waals surface area (Å²) in [5.74, 6) is -1.42. The van der Waals surface area contributed by atoms with Gasteiger partial charge in [0.15, 0.2) is 0 Å². The van der Waals surface area contributed by atoms with Crippen LogP contribution in [0.25, 0.3) is 0 Å². The molecule has 0 aliphatic heterocycles. The molecule has 7 nitrogen and oxygen atoms in total. The highest BCUT2D eigenvalue weighted by Gasteiger charge is 2.22. The minimum atomic E-state index is -1.21. The smallest absolute Gasteiger partial charge is 0.326 e. The lowest BCUT2D eigenvalue weighted by Gasteiger charge is -2.15. The van der Waals surface area contributed by atoms with Gasteiger partial charge in [-0.05, 0) is 42.0 Å². The van der Waals surface area contributed by atoms with Crippen molar-refractivity contribution in [3.8, 4) is 5.75 Å². The van der Waals surface area contributed by atoms with Gasteiger partial charge in [0.25, 0.3) is 11.5 Å². The van der Waals surface area contributed by atoms with E-state index in [-0.39, 0.29) is 18.6 Å². The number of H-pyrrole nitrogens is 1. The summed E-state index contributed by atoms with van der Waals surface area (Å²) < 4.78 is 5.70. The van der Waals surface area contributed by atoms with Crippen LogP contribution in [0, 0.1) is 0 Å². The van der Waals surface area contributed by atoms with Gasteiger partial charge in [0.05, 0.1) is 0 Å². The zero-order chi connectivity index (χ0) is 22.4. The van der Waals surface area contributed by atoms with Gasteiger partial charge in [0.2, 0.25) is 0 Å². The molecule has 1 aromatic heterocycles. The predicted molar refractivity (Wildman–Crippen MR) is 117 cm³/mol. The Morgan fingerprint density at radius 2 is 1.71 bits per heavy atom. The Kier molecular flexibility index (Phi) is 7.33. The number of carboxylic acids is 1. The van der Waals surface area contributed by atoms with Crippen LogP contribution in [0.1, 0.15) is 21.5 Å². The van der Waals surface area contributed by atoms with E-state index >= 15 is 0 Å². The number of hydrogen-bond acceptors (Lipinski definition) is 4. The minimum absolute atomic E-state index is 0.0302. The number of benzene rings is 2. The molecule has 3 rings (SSSR count). The summed E-state index contributed by atoms with van der Waals surface area (Å²) in [4.78, 5) is 38.0. The second-order valence-corrected chi connectivity index (χ2v) is 7.43. The molecule has 2 aromatic carbocycles. The van der Waals surface area contributed by atoms with Gasteiger partial charge < -0.3 is 20.1 Å². The van der Waals surface area contributed by atoms with Gasteiger partial charge in [0, 0.05) is 28.2 Å². The number of carbonyl (C=O) groups is 2. The molecule has 0 fully saturated rings. The Morgan fingerprint density at radius 1 is 1.03 bits per heavy atom. The summed E-state index contributed by atoms with van der Waals surface area (Å²) in [6.07, 6.45) is 1.42. The van der Waals surface area contributed by atoms with Crippen LogP contribution >= 0.6 is 23.2 Å². The van der Waals surface area contributed by atoms with Crippen LogP contribution in [0.5, 0.6) is 5.75 Å². The molecule has 0 spiro atoms. The molecule has 0 saturated carbocycles. The number of hydrogen-bond donors (Lipinski definition) is 3. The SMILES string of the molecule is O=C(N[C@@H](Cc1ccc(OCc2c(Cl)cccc2Cl)cc1)C(=O)O)c1ccc[nH]c1=O. The lowest BCUT2D eigenvalue weighted by Crippen LogP contribution is -2.43. The first-order chi connectivity index (χ1) is 14.8. The van der Waals surface area contributed by atoms with E-state index in [1.165, 1.54) is 18.3 Å². The predicted octanol–water partition coefficient (Wildman–Crippen LogP) is 3.69. The van der Waals surface area contributed by atoms with Gasteiger partial charge in [0.1, 0.15) is 24.0 Å². The largest absolute Gasteiger partial charge is 0.489 e. The van der Waals surface area contributed by atoms with Crippen molar-refractivity contribution >= 4 is 35.1 Å². The molecule has 0 saturated heterocycles. The normalized spacial score (nSPS) is 11.5.